The number of nitrogens with zero attached hydrogens (tertiary/aromatic N) is 3. The van der Waals surface area contributed by atoms with Gasteiger partial charge in [-0.2, -0.15) is 5.26 Å². The maximum atomic E-state index is 11.0. The van der Waals surface area contributed by atoms with Crippen molar-refractivity contribution >= 4 is 23.3 Å². The van der Waals surface area contributed by atoms with Crippen LogP contribution in [0.1, 0.15) is 11.3 Å². The predicted molar refractivity (Wildman–Crippen MR) is 79.1 cm³/mol. The van der Waals surface area contributed by atoms with Gasteiger partial charge in [0.1, 0.15) is 18.3 Å². The van der Waals surface area contributed by atoms with E-state index in [1.807, 2.05) is 6.07 Å². The number of aliphatic carboxylic acids is 1. The van der Waals surface area contributed by atoms with Gasteiger partial charge in [-0.05, 0) is 42.0 Å². The molecule has 0 fully saturated rings. The van der Waals surface area contributed by atoms with Gasteiger partial charge < -0.3 is 10.0 Å². The highest BCUT2D eigenvalue weighted by atomic mass is 35.5. The normalized spacial score (nSPS) is 9.90. The third-order valence-electron chi connectivity index (χ3n) is 2.83. The quantitative estimate of drug-likeness (QED) is 0.918. The van der Waals surface area contributed by atoms with Crippen molar-refractivity contribution in [3.8, 4) is 6.07 Å². The number of aromatic nitrogens is 1. The maximum Gasteiger partial charge on any atom is 0.323 e. The third-order valence-corrected chi connectivity index (χ3v) is 3.08. The number of rotatable bonds is 5. The molecule has 5 nitrogen and oxygen atoms in total. The number of carbonyl (C=O) groups is 1. The second-order valence-corrected chi connectivity index (χ2v) is 4.82. The molecule has 0 radical (unpaired) electrons. The number of anilines is 1. The van der Waals surface area contributed by atoms with Gasteiger partial charge in [-0.3, -0.25) is 4.79 Å². The van der Waals surface area contributed by atoms with Crippen LogP contribution in [0.25, 0.3) is 0 Å². The molecule has 0 aliphatic heterocycles. The Kier molecular flexibility index (Phi) is 4.75. The number of carboxylic acid groups (broad SMARTS) is 1. The van der Waals surface area contributed by atoms with Gasteiger partial charge in [0.25, 0.3) is 0 Å². The number of nitriles is 1. The molecule has 0 atom stereocenters. The van der Waals surface area contributed by atoms with E-state index < -0.39 is 5.97 Å². The van der Waals surface area contributed by atoms with Gasteiger partial charge in [0, 0.05) is 23.5 Å². The van der Waals surface area contributed by atoms with Gasteiger partial charge >= 0.3 is 5.97 Å². The fraction of sp³-hybridized carbons (Fsp3) is 0.133. The van der Waals surface area contributed by atoms with Crippen LogP contribution < -0.4 is 4.90 Å². The molecule has 6 heteroatoms. The van der Waals surface area contributed by atoms with Crippen LogP contribution >= 0.6 is 11.6 Å². The molecule has 2 rings (SSSR count). The maximum absolute atomic E-state index is 11.0. The summed E-state index contributed by atoms with van der Waals surface area (Å²) in [5.41, 5.74) is 1.87. The first-order chi connectivity index (χ1) is 10.1. The van der Waals surface area contributed by atoms with Crippen LogP contribution in [0, 0.1) is 11.3 Å². The minimum atomic E-state index is -0.931. The van der Waals surface area contributed by atoms with E-state index >= 15 is 0 Å². The molecular weight excluding hydrogens is 290 g/mol. The van der Waals surface area contributed by atoms with Crippen LogP contribution in [-0.2, 0) is 11.3 Å². The van der Waals surface area contributed by atoms with E-state index in [0.717, 1.165) is 11.3 Å². The minimum Gasteiger partial charge on any atom is -0.480 e. The van der Waals surface area contributed by atoms with E-state index in [9.17, 15) is 4.79 Å². The molecule has 21 heavy (non-hydrogen) atoms. The molecule has 1 N–H and O–H groups in total. The number of pyridine rings is 1. The van der Waals surface area contributed by atoms with Gasteiger partial charge in [-0.15, -0.1) is 0 Å². The minimum absolute atomic E-state index is 0.147. The van der Waals surface area contributed by atoms with Gasteiger partial charge in [-0.25, -0.2) is 4.98 Å². The SMILES string of the molecule is N#Cc1cc(CN(CC(=O)O)c2ccc(Cl)cc2)ccn1. The molecule has 2 aromatic rings. The van der Waals surface area contributed by atoms with E-state index in [1.165, 1.54) is 6.20 Å². The Labute approximate surface area is 127 Å². The zero-order chi connectivity index (χ0) is 15.2. The molecule has 0 saturated carbocycles. The summed E-state index contributed by atoms with van der Waals surface area (Å²) in [5, 5.41) is 18.5. The number of hydrogen-bond acceptors (Lipinski definition) is 4. The van der Waals surface area contributed by atoms with Crippen molar-refractivity contribution in [2.45, 2.75) is 6.54 Å². The fourth-order valence-electron chi connectivity index (χ4n) is 1.91. The van der Waals surface area contributed by atoms with Gasteiger partial charge in [0.05, 0.1) is 0 Å². The summed E-state index contributed by atoms with van der Waals surface area (Å²) in [6.07, 6.45) is 1.54. The Hall–Kier alpha value is -2.58. The zero-order valence-electron chi connectivity index (χ0n) is 11.0. The van der Waals surface area contributed by atoms with Crippen LogP contribution in [0.5, 0.6) is 0 Å². The largest absolute Gasteiger partial charge is 0.480 e. The Morgan fingerprint density at radius 1 is 1.33 bits per heavy atom. The van der Waals surface area contributed by atoms with E-state index in [4.69, 9.17) is 22.0 Å². The first kappa shape index (κ1) is 14.8. The molecule has 0 aliphatic carbocycles. The topological polar surface area (TPSA) is 77.2 Å². The van der Waals surface area contributed by atoms with Gasteiger partial charge in [0.15, 0.2) is 0 Å². The van der Waals surface area contributed by atoms with Crippen LogP contribution in [0.4, 0.5) is 5.69 Å². The Morgan fingerprint density at radius 3 is 2.67 bits per heavy atom. The van der Waals surface area contributed by atoms with Gasteiger partial charge in [-0.1, -0.05) is 11.6 Å². The standard InChI is InChI=1S/C15H12ClN3O2/c16-12-1-3-14(4-2-12)19(10-15(20)21)9-11-5-6-18-13(7-11)8-17/h1-7H,9-10H2,(H,20,21). The number of hydrogen-bond donors (Lipinski definition) is 1. The first-order valence-electron chi connectivity index (χ1n) is 6.16. The molecule has 106 valence electrons. The summed E-state index contributed by atoms with van der Waals surface area (Å²) in [7, 11) is 0. The molecule has 1 aromatic heterocycles. The second-order valence-electron chi connectivity index (χ2n) is 4.39. The molecule has 1 heterocycles. The summed E-state index contributed by atoms with van der Waals surface area (Å²) in [6, 6.07) is 12.3. The lowest BCUT2D eigenvalue weighted by molar-refractivity contribution is -0.135. The van der Waals surface area contributed by atoms with Crippen molar-refractivity contribution in [3.63, 3.8) is 0 Å². The van der Waals surface area contributed by atoms with Crippen molar-refractivity contribution in [1.82, 2.24) is 4.98 Å². The molecule has 0 aliphatic rings. The first-order valence-corrected chi connectivity index (χ1v) is 6.53. The van der Waals surface area contributed by atoms with E-state index in [2.05, 4.69) is 4.98 Å². The molecule has 0 saturated heterocycles. The Morgan fingerprint density at radius 2 is 2.05 bits per heavy atom. The number of carboxylic acids is 1. The fourth-order valence-corrected chi connectivity index (χ4v) is 2.03. The lowest BCUT2D eigenvalue weighted by Crippen LogP contribution is -2.29. The molecule has 0 spiro atoms. The Bertz CT molecular complexity index is 680. The van der Waals surface area contributed by atoms with E-state index in [0.29, 0.717) is 17.3 Å². The summed E-state index contributed by atoms with van der Waals surface area (Å²) in [4.78, 5) is 16.6. The smallest absolute Gasteiger partial charge is 0.323 e. The molecular formula is C15H12ClN3O2. The van der Waals surface area contributed by atoms with Crippen LogP contribution in [0.3, 0.4) is 0 Å². The highest BCUT2D eigenvalue weighted by molar-refractivity contribution is 6.30. The van der Waals surface area contributed by atoms with Crippen LogP contribution in [0.2, 0.25) is 5.02 Å². The average molecular weight is 302 g/mol. The van der Waals surface area contributed by atoms with Crippen molar-refractivity contribution in [3.05, 3.63) is 58.9 Å². The molecule has 0 bridgehead atoms. The third kappa shape index (κ3) is 4.20. The van der Waals surface area contributed by atoms with E-state index in [1.54, 1.807) is 41.3 Å². The van der Waals surface area contributed by atoms with E-state index in [-0.39, 0.29) is 6.54 Å². The summed E-state index contributed by atoms with van der Waals surface area (Å²) in [6.45, 7) is 0.219. The van der Waals surface area contributed by atoms with Crippen molar-refractivity contribution in [2.75, 3.05) is 11.4 Å². The predicted octanol–water partition coefficient (Wildman–Crippen LogP) is 2.70. The van der Waals surface area contributed by atoms with Crippen molar-refractivity contribution in [2.24, 2.45) is 0 Å². The summed E-state index contributed by atoms with van der Waals surface area (Å²) < 4.78 is 0. The number of benzene rings is 1. The molecule has 1 aromatic carbocycles. The Balaban J connectivity index is 2.25. The second kappa shape index (κ2) is 6.73. The highest BCUT2D eigenvalue weighted by Gasteiger charge is 2.12. The molecule has 0 amide bonds. The zero-order valence-corrected chi connectivity index (χ0v) is 11.8. The lowest BCUT2D eigenvalue weighted by atomic mass is 10.2. The summed E-state index contributed by atoms with van der Waals surface area (Å²) in [5.74, 6) is -0.931. The van der Waals surface area contributed by atoms with Crippen LogP contribution in [-0.4, -0.2) is 22.6 Å². The average Bonchev–Trinajstić information content (AvgIpc) is 2.47. The van der Waals surface area contributed by atoms with Gasteiger partial charge in [0.2, 0.25) is 0 Å². The lowest BCUT2D eigenvalue weighted by Gasteiger charge is -2.23. The van der Waals surface area contributed by atoms with Crippen molar-refractivity contribution < 1.29 is 9.90 Å². The monoisotopic (exact) mass is 301 g/mol. The summed E-state index contributed by atoms with van der Waals surface area (Å²) >= 11 is 5.84. The van der Waals surface area contributed by atoms with Crippen molar-refractivity contribution in [1.29, 1.82) is 5.26 Å². The molecule has 0 unspecified atom stereocenters. The van der Waals surface area contributed by atoms with Crippen LogP contribution in [0.15, 0.2) is 42.6 Å². The number of halogens is 1. The highest BCUT2D eigenvalue weighted by Crippen LogP contribution is 2.20.